The lowest BCUT2D eigenvalue weighted by Crippen LogP contribution is -2.31. The van der Waals surface area contributed by atoms with Crippen LogP contribution in [0.25, 0.3) is 10.9 Å². The highest BCUT2D eigenvalue weighted by molar-refractivity contribution is 7.89. The van der Waals surface area contributed by atoms with Gasteiger partial charge in [-0.15, -0.1) is 0 Å². The predicted molar refractivity (Wildman–Crippen MR) is 132 cm³/mol. The van der Waals surface area contributed by atoms with Crippen LogP contribution < -0.4 is 10.6 Å². The fourth-order valence-corrected chi connectivity index (χ4v) is 4.56. The Morgan fingerprint density at radius 3 is 2.56 bits per heavy atom. The van der Waals surface area contributed by atoms with E-state index in [1.165, 1.54) is 41.7 Å². The Bertz CT molecular complexity index is 1270. The Kier molecular flexibility index (Phi) is 8.50. The molecule has 0 bridgehead atoms. The van der Waals surface area contributed by atoms with E-state index in [1.54, 1.807) is 6.20 Å². The molecule has 0 saturated carbocycles. The van der Waals surface area contributed by atoms with Gasteiger partial charge in [0, 0.05) is 43.8 Å². The minimum atomic E-state index is -3.70. The molecular formula is C25H28N4O4S. The zero-order chi connectivity index (χ0) is 24.6. The monoisotopic (exact) mass is 480 g/mol. The van der Waals surface area contributed by atoms with E-state index in [0.717, 1.165) is 16.5 Å². The van der Waals surface area contributed by atoms with Crippen LogP contribution in [-0.4, -0.2) is 56.2 Å². The number of sulfonamides is 1. The summed E-state index contributed by atoms with van der Waals surface area (Å²) in [5.74, 6) is -0.567. The van der Waals surface area contributed by atoms with Gasteiger partial charge in [-0.1, -0.05) is 24.8 Å². The van der Waals surface area contributed by atoms with E-state index in [0.29, 0.717) is 31.5 Å². The molecule has 0 radical (unpaired) electrons. The Balaban J connectivity index is 1.51. The number of nitrogens with one attached hydrogen (secondary N) is 2. The van der Waals surface area contributed by atoms with Crippen LogP contribution in [-0.2, 0) is 21.2 Å². The minimum Gasteiger partial charge on any atom is -0.353 e. The number of fused-ring (bicyclic) bond motifs is 1. The van der Waals surface area contributed by atoms with Crippen molar-refractivity contribution in [3.8, 4) is 0 Å². The summed E-state index contributed by atoms with van der Waals surface area (Å²) in [6.45, 7) is 4.40. The van der Waals surface area contributed by atoms with Crippen molar-refractivity contribution >= 4 is 32.7 Å². The van der Waals surface area contributed by atoms with Crippen LogP contribution in [0.4, 0.5) is 0 Å². The van der Waals surface area contributed by atoms with E-state index in [-0.39, 0.29) is 23.3 Å². The Labute approximate surface area is 199 Å². The SMILES string of the molecule is C=CC(=O)NCCCN(C)S(=O)(=O)c1ccc(C(=O)NCCc2ccc3cccnc3c2)cc1. The normalized spacial score (nSPS) is 11.4. The molecule has 0 unspecified atom stereocenters. The minimum absolute atomic E-state index is 0.102. The quantitative estimate of drug-likeness (QED) is 0.324. The van der Waals surface area contributed by atoms with Gasteiger partial charge in [-0.3, -0.25) is 14.6 Å². The summed E-state index contributed by atoms with van der Waals surface area (Å²) < 4.78 is 26.7. The number of rotatable bonds is 11. The van der Waals surface area contributed by atoms with Gasteiger partial charge in [0.05, 0.1) is 10.4 Å². The average molecular weight is 481 g/mol. The fraction of sp³-hybridized carbons (Fsp3) is 0.240. The van der Waals surface area contributed by atoms with Crippen molar-refractivity contribution in [3.63, 3.8) is 0 Å². The van der Waals surface area contributed by atoms with E-state index in [1.807, 2.05) is 30.3 Å². The van der Waals surface area contributed by atoms with Crippen LogP contribution in [0.3, 0.4) is 0 Å². The van der Waals surface area contributed by atoms with Crippen molar-refractivity contribution in [1.82, 2.24) is 19.9 Å². The summed E-state index contributed by atoms with van der Waals surface area (Å²) in [7, 11) is -2.22. The second-order valence-corrected chi connectivity index (χ2v) is 9.78. The molecule has 34 heavy (non-hydrogen) atoms. The number of amides is 2. The van der Waals surface area contributed by atoms with Gasteiger partial charge < -0.3 is 10.6 Å². The van der Waals surface area contributed by atoms with Gasteiger partial charge >= 0.3 is 0 Å². The third-order valence-electron chi connectivity index (χ3n) is 5.33. The van der Waals surface area contributed by atoms with Gasteiger partial charge in [0.1, 0.15) is 0 Å². The molecule has 0 aliphatic carbocycles. The maximum Gasteiger partial charge on any atom is 0.251 e. The van der Waals surface area contributed by atoms with E-state index in [4.69, 9.17) is 0 Å². The third-order valence-corrected chi connectivity index (χ3v) is 7.20. The second-order valence-electron chi connectivity index (χ2n) is 7.74. The van der Waals surface area contributed by atoms with Crippen LogP contribution in [0, 0.1) is 0 Å². The third kappa shape index (κ3) is 6.49. The largest absolute Gasteiger partial charge is 0.353 e. The molecule has 178 valence electrons. The van der Waals surface area contributed by atoms with Gasteiger partial charge in [-0.2, -0.15) is 0 Å². The first-order valence-corrected chi connectivity index (χ1v) is 12.3. The molecule has 2 aromatic carbocycles. The standard InChI is InChI=1S/C25H28N4O4S/c1-3-24(30)27-15-5-17-29(2)34(32,33)22-11-9-21(10-12-22)25(31)28-16-13-19-7-8-20-6-4-14-26-23(20)18-19/h3-4,6-12,14,18H,1,5,13,15-17H2,2H3,(H,27,30)(H,28,31). The highest BCUT2D eigenvalue weighted by atomic mass is 32.2. The molecule has 0 spiro atoms. The van der Waals surface area contributed by atoms with Gasteiger partial charge in [-0.05, 0) is 60.9 Å². The molecule has 1 heterocycles. The average Bonchev–Trinajstić information content (AvgIpc) is 2.86. The lowest BCUT2D eigenvalue weighted by molar-refractivity contribution is -0.116. The molecular weight excluding hydrogens is 452 g/mol. The first kappa shape index (κ1) is 25.1. The molecule has 0 aliphatic rings. The predicted octanol–water partition coefficient (Wildman–Crippen LogP) is 2.52. The molecule has 0 fully saturated rings. The number of aromatic nitrogens is 1. The van der Waals surface area contributed by atoms with Crippen LogP contribution in [0.5, 0.6) is 0 Å². The van der Waals surface area contributed by atoms with Crippen LogP contribution in [0.2, 0.25) is 0 Å². The number of carbonyl (C=O) groups is 2. The number of hydrogen-bond donors (Lipinski definition) is 2. The van der Waals surface area contributed by atoms with E-state index in [2.05, 4.69) is 22.2 Å². The number of carbonyl (C=O) groups excluding carboxylic acids is 2. The summed E-state index contributed by atoms with van der Waals surface area (Å²) in [6, 6.07) is 15.8. The first-order chi connectivity index (χ1) is 16.3. The molecule has 3 aromatic rings. The van der Waals surface area contributed by atoms with Crippen molar-refractivity contribution in [2.24, 2.45) is 0 Å². The topological polar surface area (TPSA) is 108 Å². The zero-order valence-electron chi connectivity index (χ0n) is 19.0. The molecule has 2 N–H and O–H groups in total. The van der Waals surface area contributed by atoms with Gasteiger partial charge in [0.15, 0.2) is 0 Å². The number of nitrogens with zero attached hydrogens (tertiary/aromatic N) is 2. The number of pyridine rings is 1. The second kappa shape index (κ2) is 11.5. The molecule has 0 atom stereocenters. The molecule has 9 heteroatoms. The zero-order valence-corrected chi connectivity index (χ0v) is 19.8. The Hall–Kier alpha value is -3.56. The summed E-state index contributed by atoms with van der Waals surface area (Å²) in [5.41, 5.74) is 2.36. The van der Waals surface area contributed by atoms with Crippen molar-refractivity contribution in [2.45, 2.75) is 17.7 Å². The maximum atomic E-state index is 12.7. The van der Waals surface area contributed by atoms with Crippen molar-refractivity contribution in [3.05, 3.63) is 84.6 Å². The summed E-state index contributed by atoms with van der Waals surface area (Å²) >= 11 is 0. The summed E-state index contributed by atoms with van der Waals surface area (Å²) in [6.07, 6.45) is 4.03. The molecule has 0 aliphatic heterocycles. The smallest absolute Gasteiger partial charge is 0.251 e. The van der Waals surface area contributed by atoms with Gasteiger partial charge in [0.2, 0.25) is 15.9 Å². The van der Waals surface area contributed by atoms with E-state index >= 15 is 0 Å². The van der Waals surface area contributed by atoms with E-state index < -0.39 is 10.0 Å². The van der Waals surface area contributed by atoms with Crippen LogP contribution in [0.1, 0.15) is 22.3 Å². The molecule has 3 rings (SSSR count). The number of benzene rings is 2. The van der Waals surface area contributed by atoms with Crippen LogP contribution in [0.15, 0.2) is 78.3 Å². The van der Waals surface area contributed by atoms with Crippen molar-refractivity contribution < 1.29 is 18.0 Å². The van der Waals surface area contributed by atoms with Gasteiger partial charge in [-0.25, -0.2) is 12.7 Å². The summed E-state index contributed by atoms with van der Waals surface area (Å²) in [4.78, 5) is 28.1. The Morgan fingerprint density at radius 1 is 1.06 bits per heavy atom. The lowest BCUT2D eigenvalue weighted by Gasteiger charge is -2.17. The fourth-order valence-electron chi connectivity index (χ4n) is 3.35. The molecule has 8 nitrogen and oxygen atoms in total. The summed E-state index contributed by atoms with van der Waals surface area (Å²) in [5, 5.41) is 6.54. The van der Waals surface area contributed by atoms with Crippen LogP contribution >= 0.6 is 0 Å². The highest BCUT2D eigenvalue weighted by Gasteiger charge is 2.20. The first-order valence-electron chi connectivity index (χ1n) is 10.9. The lowest BCUT2D eigenvalue weighted by atomic mass is 10.1. The Morgan fingerprint density at radius 2 is 1.82 bits per heavy atom. The molecule has 1 aromatic heterocycles. The van der Waals surface area contributed by atoms with Crippen molar-refractivity contribution in [1.29, 1.82) is 0 Å². The highest BCUT2D eigenvalue weighted by Crippen LogP contribution is 2.16. The number of hydrogen-bond acceptors (Lipinski definition) is 5. The van der Waals surface area contributed by atoms with E-state index in [9.17, 15) is 18.0 Å². The molecule has 2 amide bonds. The van der Waals surface area contributed by atoms with Gasteiger partial charge in [0.25, 0.3) is 5.91 Å². The maximum absolute atomic E-state index is 12.7. The molecule has 0 saturated heterocycles. The van der Waals surface area contributed by atoms with Crippen molar-refractivity contribution in [2.75, 3.05) is 26.7 Å².